The van der Waals surface area contributed by atoms with Crippen LogP contribution >= 0.6 is 11.8 Å². The fourth-order valence-corrected chi connectivity index (χ4v) is 4.48. The topological polar surface area (TPSA) is 64.0 Å². The van der Waals surface area contributed by atoms with Gasteiger partial charge in [-0.15, -0.1) is 0 Å². The van der Waals surface area contributed by atoms with Crippen LogP contribution in [0.1, 0.15) is 30.9 Å². The number of carbonyl (C=O) groups excluding carboxylic acids is 1. The highest BCUT2D eigenvalue weighted by atomic mass is 32.2. The Kier molecular flexibility index (Phi) is 5.46. The molecule has 0 aliphatic heterocycles. The molecule has 1 heterocycles. The van der Waals surface area contributed by atoms with E-state index in [1.165, 1.54) is 24.6 Å². The molecule has 0 radical (unpaired) electrons. The third-order valence-corrected chi connectivity index (χ3v) is 6.20. The standard InChI is InChI=1S/C23H25N3O2S/c1-14-10-15(2)12-18(11-14)26-22(28)19-6-4-5-7-20(19)25-23(26)29-13-21(27)24-16(3)17-8-9-17/h4-7,10-12,16-17H,8-9,13H2,1-3H3,(H,24,27)/t16-/m0/s1. The van der Waals surface area contributed by atoms with Gasteiger partial charge in [-0.05, 0) is 74.9 Å². The van der Waals surface area contributed by atoms with Gasteiger partial charge in [-0.3, -0.25) is 14.2 Å². The van der Waals surface area contributed by atoms with Gasteiger partial charge in [0.1, 0.15) is 0 Å². The summed E-state index contributed by atoms with van der Waals surface area (Å²) in [5, 5.41) is 4.17. The summed E-state index contributed by atoms with van der Waals surface area (Å²) < 4.78 is 1.63. The Morgan fingerprint density at radius 1 is 1.21 bits per heavy atom. The van der Waals surface area contributed by atoms with Crippen molar-refractivity contribution in [1.29, 1.82) is 0 Å². The summed E-state index contributed by atoms with van der Waals surface area (Å²) in [5.41, 5.74) is 3.46. The molecule has 0 bridgehead atoms. The molecule has 1 saturated carbocycles. The molecule has 4 rings (SSSR count). The molecule has 1 atom stereocenters. The van der Waals surface area contributed by atoms with E-state index in [9.17, 15) is 9.59 Å². The SMILES string of the molecule is Cc1cc(C)cc(-n2c(SCC(=O)N[C@@H](C)C3CC3)nc3ccccc3c2=O)c1. The van der Waals surface area contributed by atoms with Gasteiger partial charge >= 0.3 is 0 Å². The average Bonchev–Trinajstić information content (AvgIpc) is 3.51. The summed E-state index contributed by atoms with van der Waals surface area (Å²) in [6.45, 7) is 6.07. The van der Waals surface area contributed by atoms with Crippen LogP contribution in [0.4, 0.5) is 0 Å². The Bertz CT molecular complexity index is 1110. The number of hydrogen-bond acceptors (Lipinski definition) is 4. The average molecular weight is 408 g/mol. The first-order valence-corrected chi connectivity index (χ1v) is 10.9. The molecule has 29 heavy (non-hydrogen) atoms. The Morgan fingerprint density at radius 2 is 1.90 bits per heavy atom. The van der Waals surface area contributed by atoms with Crippen LogP contribution in [0, 0.1) is 19.8 Å². The van der Waals surface area contributed by atoms with Gasteiger partial charge in [-0.25, -0.2) is 4.98 Å². The number of fused-ring (bicyclic) bond motifs is 1. The van der Waals surface area contributed by atoms with Gasteiger partial charge in [0.05, 0.1) is 22.3 Å². The Morgan fingerprint density at radius 3 is 2.59 bits per heavy atom. The van der Waals surface area contributed by atoms with E-state index < -0.39 is 0 Å². The first-order valence-electron chi connectivity index (χ1n) is 9.95. The van der Waals surface area contributed by atoms with Crippen LogP contribution in [0.15, 0.2) is 52.4 Å². The summed E-state index contributed by atoms with van der Waals surface area (Å²) in [4.78, 5) is 30.4. The highest BCUT2D eigenvalue weighted by Gasteiger charge is 2.28. The second-order valence-electron chi connectivity index (χ2n) is 7.88. The molecular formula is C23H25N3O2S. The van der Waals surface area contributed by atoms with Crippen LogP contribution in [0.2, 0.25) is 0 Å². The third-order valence-electron chi connectivity index (χ3n) is 5.26. The van der Waals surface area contributed by atoms with Crippen LogP contribution in [-0.2, 0) is 4.79 Å². The fourth-order valence-electron chi connectivity index (χ4n) is 3.66. The zero-order valence-corrected chi connectivity index (χ0v) is 17.8. The summed E-state index contributed by atoms with van der Waals surface area (Å²) in [6.07, 6.45) is 2.38. The normalized spacial score (nSPS) is 14.7. The van der Waals surface area contributed by atoms with Crippen molar-refractivity contribution >= 4 is 28.6 Å². The zero-order valence-electron chi connectivity index (χ0n) is 16.9. The van der Waals surface area contributed by atoms with Crippen molar-refractivity contribution in [3.05, 3.63) is 63.9 Å². The van der Waals surface area contributed by atoms with Gasteiger partial charge in [-0.1, -0.05) is 30.0 Å². The van der Waals surface area contributed by atoms with E-state index in [1.807, 2.05) is 44.2 Å². The first-order chi connectivity index (χ1) is 13.9. The van der Waals surface area contributed by atoms with Gasteiger partial charge in [0.2, 0.25) is 5.91 Å². The van der Waals surface area contributed by atoms with Gasteiger partial charge in [0, 0.05) is 6.04 Å². The van der Waals surface area contributed by atoms with Gasteiger partial charge in [0.25, 0.3) is 5.56 Å². The van der Waals surface area contributed by atoms with E-state index in [1.54, 1.807) is 10.6 Å². The lowest BCUT2D eigenvalue weighted by Crippen LogP contribution is -2.35. The number of aromatic nitrogens is 2. The summed E-state index contributed by atoms with van der Waals surface area (Å²) >= 11 is 1.30. The number of benzene rings is 2. The minimum absolute atomic E-state index is 0.0243. The molecule has 3 aromatic rings. The summed E-state index contributed by atoms with van der Waals surface area (Å²) in [7, 11) is 0. The number of para-hydroxylation sites is 1. The van der Waals surface area contributed by atoms with E-state index in [4.69, 9.17) is 4.98 Å². The van der Waals surface area contributed by atoms with E-state index in [0.717, 1.165) is 16.8 Å². The van der Waals surface area contributed by atoms with E-state index in [2.05, 4.69) is 18.3 Å². The smallest absolute Gasteiger partial charge is 0.266 e. The number of thioether (sulfide) groups is 1. The molecule has 2 aromatic carbocycles. The van der Waals surface area contributed by atoms with Crippen molar-refractivity contribution in [2.45, 2.75) is 44.8 Å². The lowest BCUT2D eigenvalue weighted by atomic mass is 10.1. The predicted molar refractivity (Wildman–Crippen MR) is 118 cm³/mol. The molecule has 1 aliphatic carbocycles. The van der Waals surface area contributed by atoms with Crippen LogP contribution in [0.25, 0.3) is 16.6 Å². The van der Waals surface area contributed by atoms with Crippen molar-refractivity contribution in [3.8, 4) is 5.69 Å². The lowest BCUT2D eigenvalue weighted by Gasteiger charge is -2.15. The lowest BCUT2D eigenvalue weighted by molar-refractivity contribution is -0.119. The summed E-state index contributed by atoms with van der Waals surface area (Å²) in [5.74, 6) is 0.812. The molecule has 6 heteroatoms. The second kappa shape index (κ2) is 8.03. The van der Waals surface area contributed by atoms with E-state index >= 15 is 0 Å². The van der Waals surface area contributed by atoms with Gasteiger partial charge < -0.3 is 5.32 Å². The quantitative estimate of drug-likeness (QED) is 0.495. The predicted octanol–water partition coefficient (Wildman–Crippen LogP) is 4.01. The molecule has 1 N–H and O–H groups in total. The van der Waals surface area contributed by atoms with E-state index in [0.29, 0.717) is 22.0 Å². The number of amides is 1. The number of nitrogens with one attached hydrogen (secondary N) is 1. The zero-order chi connectivity index (χ0) is 20.5. The summed E-state index contributed by atoms with van der Waals surface area (Å²) in [6, 6.07) is 13.6. The highest BCUT2D eigenvalue weighted by molar-refractivity contribution is 7.99. The van der Waals surface area contributed by atoms with Crippen LogP contribution in [0.5, 0.6) is 0 Å². The largest absolute Gasteiger partial charge is 0.353 e. The number of aryl methyl sites for hydroxylation is 2. The monoisotopic (exact) mass is 407 g/mol. The Balaban J connectivity index is 1.71. The number of nitrogens with zero attached hydrogens (tertiary/aromatic N) is 2. The van der Waals surface area contributed by atoms with Crippen molar-refractivity contribution in [3.63, 3.8) is 0 Å². The molecule has 1 fully saturated rings. The minimum atomic E-state index is -0.116. The molecule has 1 amide bonds. The van der Waals surface area contributed by atoms with Gasteiger partial charge in [-0.2, -0.15) is 0 Å². The van der Waals surface area contributed by atoms with Crippen molar-refractivity contribution in [1.82, 2.24) is 14.9 Å². The molecular weight excluding hydrogens is 382 g/mol. The van der Waals surface area contributed by atoms with Crippen LogP contribution in [-0.4, -0.2) is 27.3 Å². The molecule has 1 aliphatic rings. The molecule has 1 aromatic heterocycles. The second-order valence-corrected chi connectivity index (χ2v) is 8.82. The minimum Gasteiger partial charge on any atom is -0.353 e. The third kappa shape index (κ3) is 4.37. The van der Waals surface area contributed by atoms with Crippen LogP contribution < -0.4 is 10.9 Å². The Hall–Kier alpha value is -2.60. The Labute approximate surface area is 174 Å². The van der Waals surface area contributed by atoms with Crippen molar-refractivity contribution in [2.24, 2.45) is 5.92 Å². The molecule has 0 spiro atoms. The van der Waals surface area contributed by atoms with Gasteiger partial charge in [0.15, 0.2) is 5.16 Å². The molecule has 0 saturated heterocycles. The maximum absolute atomic E-state index is 13.3. The van der Waals surface area contributed by atoms with Crippen molar-refractivity contribution < 1.29 is 4.79 Å². The number of rotatable bonds is 6. The van der Waals surface area contributed by atoms with E-state index in [-0.39, 0.29) is 23.3 Å². The molecule has 0 unspecified atom stereocenters. The first kappa shape index (κ1) is 19.7. The molecule has 5 nitrogen and oxygen atoms in total. The fraction of sp³-hybridized carbons (Fsp3) is 0.348. The molecule has 150 valence electrons. The van der Waals surface area contributed by atoms with Crippen molar-refractivity contribution in [2.75, 3.05) is 5.75 Å². The maximum Gasteiger partial charge on any atom is 0.266 e. The number of hydrogen-bond donors (Lipinski definition) is 1. The van der Waals surface area contributed by atoms with Crippen LogP contribution in [0.3, 0.4) is 0 Å². The highest BCUT2D eigenvalue weighted by Crippen LogP contribution is 2.32. The number of carbonyl (C=O) groups is 1. The maximum atomic E-state index is 13.3.